The summed E-state index contributed by atoms with van der Waals surface area (Å²) in [5, 5.41) is 0. The van der Waals surface area contributed by atoms with E-state index in [1.807, 2.05) is 6.92 Å². The van der Waals surface area contributed by atoms with Crippen LogP contribution in [0, 0.1) is 11.3 Å². The summed E-state index contributed by atoms with van der Waals surface area (Å²) in [6.45, 7) is 5.32. The predicted molar refractivity (Wildman–Crippen MR) is 82.2 cm³/mol. The number of piperidine rings is 1. The number of ether oxygens (including phenoxy) is 1. The van der Waals surface area contributed by atoms with Gasteiger partial charge in [-0.15, -0.1) is 0 Å². The molecule has 0 amide bonds. The molecule has 1 saturated heterocycles. The van der Waals surface area contributed by atoms with Gasteiger partial charge in [-0.05, 0) is 38.5 Å². The van der Waals surface area contributed by atoms with E-state index in [9.17, 15) is 13.2 Å². The number of nitrogens with zero attached hydrogens (tertiary/aromatic N) is 1. The molecule has 7 heteroatoms. The summed E-state index contributed by atoms with van der Waals surface area (Å²) in [5.41, 5.74) is 5.16. The molecule has 1 aliphatic heterocycles. The number of carbonyl (C=O) groups excluding carboxylic acids is 1. The molecule has 1 fully saturated rings. The van der Waals surface area contributed by atoms with Crippen molar-refractivity contribution >= 4 is 16.0 Å². The number of hydrogen-bond acceptors (Lipinski definition) is 5. The molecule has 1 aliphatic rings. The van der Waals surface area contributed by atoms with Crippen LogP contribution in [0.4, 0.5) is 0 Å². The average Bonchev–Trinajstić information content (AvgIpc) is 2.44. The number of esters is 1. The Morgan fingerprint density at radius 1 is 1.43 bits per heavy atom. The van der Waals surface area contributed by atoms with Crippen molar-refractivity contribution < 1.29 is 17.9 Å². The first-order valence-electron chi connectivity index (χ1n) is 7.61. The lowest BCUT2D eigenvalue weighted by Crippen LogP contribution is -2.45. The van der Waals surface area contributed by atoms with Crippen LogP contribution in [0.2, 0.25) is 0 Å². The van der Waals surface area contributed by atoms with Crippen molar-refractivity contribution in [1.29, 1.82) is 0 Å². The summed E-state index contributed by atoms with van der Waals surface area (Å²) in [6.07, 6.45) is 4.18. The molecule has 6 nitrogen and oxygen atoms in total. The summed E-state index contributed by atoms with van der Waals surface area (Å²) in [6, 6.07) is 0. The van der Waals surface area contributed by atoms with Crippen LogP contribution in [0.5, 0.6) is 0 Å². The molecule has 1 rings (SSSR count). The lowest BCUT2D eigenvalue weighted by molar-refractivity contribution is -0.156. The fourth-order valence-corrected chi connectivity index (χ4v) is 3.96. The highest BCUT2D eigenvalue weighted by molar-refractivity contribution is 7.88. The molecular formula is C14H28N2O4S. The van der Waals surface area contributed by atoms with Crippen LogP contribution in [-0.4, -0.2) is 51.2 Å². The molecule has 0 saturated carbocycles. The number of carbonyl (C=O) groups is 1. The Kier molecular flexibility index (Phi) is 6.62. The van der Waals surface area contributed by atoms with Crippen molar-refractivity contribution in [3.8, 4) is 0 Å². The van der Waals surface area contributed by atoms with Crippen molar-refractivity contribution in [1.82, 2.24) is 4.31 Å². The van der Waals surface area contributed by atoms with Gasteiger partial charge < -0.3 is 10.5 Å². The standard InChI is InChI=1S/C14H28N2O4S/c1-4-14(11-15,13(17)20-5-2)9-12-7-6-8-16(10-12)21(3,18)19/h12H,4-11,15H2,1-3H3. The Labute approximate surface area is 128 Å². The number of nitrogens with two attached hydrogens (primary N) is 1. The van der Waals surface area contributed by atoms with E-state index in [0.717, 1.165) is 12.8 Å². The normalized spacial score (nSPS) is 23.5. The van der Waals surface area contributed by atoms with Crippen molar-refractivity contribution in [2.45, 2.75) is 39.5 Å². The van der Waals surface area contributed by atoms with Gasteiger partial charge in [0.15, 0.2) is 0 Å². The lowest BCUT2D eigenvalue weighted by atomic mass is 9.75. The second kappa shape index (κ2) is 7.56. The first kappa shape index (κ1) is 18.4. The van der Waals surface area contributed by atoms with Crippen molar-refractivity contribution in [2.75, 3.05) is 32.5 Å². The summed E-state index contributed by atoms with van der Waals surface area (Å²) in [7, 11) is -3.17. The Morgan fingerprint density at radius 3 is 2.57 bits per heavy atom. The van der Waals surface area contributed by atoms with Crippen LogP contribution in [0.1, 0.15) is 39.5 Å². The van der Waals surface area contributed by atoms with E-state index >= 15 is 0 Å². The third-order valence-corrected chi connectivity index (χ3v) is 5.68. The van der Waals surface area contributed by atoms with Crippen LogP contribution >= 0.6 is 0 Å². The summed E-state index contributed by atoms with van der Waals surface area (Å²) >= 11 is 0. The quantitative estimate of drug-likeness (QED) is 0.706. The van der Waals surface area contributed by atoms with Gasteiger partial charge in [0.25, 0.3) is 0 Å². The van der Waals surface area contributed by atoms with E-state index in [2.05, 4.69) is 0 Å². The Bertz CT molecular complexity index is 446. The molecule has 2 N–H and O–H groups in total. The maximum absolute atomic E-state index is 12.2. The van der Waals surface area contributed by atoms with E-state index in [1.54, 1.807) is 6.92 Å². The zero-order valence-corrected chi connectivity index (χ0v) is 14.1. The highest BCUT2D eigenvalue weighted by Gasteiger charge is 2.40. The molecule has 21 heavy (non-hydrogen) atoms. The molecule has 0 aromatic heterocycles. The maximum Gasteiger partial charge on any atom is 0.313 e. The van der Waals surface area contributed by atoms with Crippen LogP contribution in [0.3, 0.4) is 0 Å². The molecule has 0 spiro atoms. The molecule has 124 valence electrons. The zero-order valence-electron chi connectivity index (χ0n) is 13.3. The fraction of sp³-hybridized carbons (Fsp3) is 0.929. The van der Waals surface area contributed by atoms with Crippen molar-refractivity contribution in [3.63, 3.8) is 0 Å². The molecule has 0 radical (unpaired) electrons. The monoisotopic (exact) mass is 320 g/mol. The maximum atomic E-state index is 12.2. The fourth-order valence-electron chi connectivity index (χ4n) is 3.01. The minimum Gasteiger partial charge on any atom is -0.466 e. The SMILES string of the molecule is CCOC(=O)C(CC)(CN)CC1CCCN(S(C)(=O)=O)C1. The van der Waals surface area contributed by atoms with Crippen LogP contribution in [-0.2, 0) is 19.6 Å². The third kappa shape index (κ3) is 4.66. The molecule has 0 aromatic carbocycles. The first-order valence-corrected chi connectivity index (χ1v) is 9.46. The minimum atomic E-state index is -3.17. The van der Waals surface area contributed by atoms with Crippen LogP contribution < -0.4 is 5.73 Å². The summed E-state index contributed by atoms with van der Waals surface area (Å²) < 4.78 is 30.0. The zero-order chi connectivity index (χ0) is 16.1. The minimum absolute atomic E-state index is 0.154. The molecule has 2 atom stereocenters. The van der Waals surface area contributed by atoms with Gasteiger partial charge in [-0.2, -0.15) is 0 Å². The molecule has 1 heterocycles. The Balaban J connectivity index is 2.82. The van der Waals surface area contributed by atoms with E-state index in [0.29, 0.717) is 32.5 Å². The molecule has 0 aromatic rings. The lowest BCUT2D eigenvalue weighted by Gasteiger charge is -2.37. The largest absolute Gasteiger partial charge is 0.466 e. The smallest absolute Gasteiger partial charge is 0.313 e. The van der Waals surface area contributed by atoms with Gasteiger partial charge in [-0.25, -0.2) is 12.7 Å². The molecule has 0 bridgehead atoms. The number of sulfonamides is 1. The van der Waals surface area contributed by atoms with E-state index in [1.165, 1.54) is 10.6 Å². The van der Waals surface area contributed by atoms with Gasteiger partial charge in [-0.1, -0.05) is 6.92 Å². The van der Waals surface area contributed by atoms with Gasteiger partial charge in [0.2, 0.25) is 10.0 Å². The topological polar surface area (TPSA) is 89.7 Å². The predicted octanol–water partition coefficient (Wildman–Crippen LogP) is 0.966. The summed E-state index contributed by atoms with van der Waals surface area (Å²) in [5.74, 6) is -0.104. The van der Waals surface area contributed by atoms with E-state index < -0.39 is 15.4 Å². The number of rotatable bonds is 7. The molecular weight excluding hydrogens is 292 g/mol. The number of hydrogen-bond donors (Lipinski definition) is 1. The van der Waals surface area contributed by atoms with E-state index in [4.69, 9.17) is 10.5 Å². The van der Waals surface area contributed by atoms with Gasteiger partial charge in [0.1, 0.15) is 0 Å². The second-order valence-corrected chi connectivity index (χ2v) is 7.87. The van der Waals surface area contributed by atoms with Gasteiger partial charge in [0.05, 0.1) is 18.3 Å². The third-order valence-electron chi connectivity index (χ3n) is 4.41. The highest BCUT2D eigenvalue weighted by atomic mass is 32.2. The van der Waals surface area contributed by atoms with E-state index in [-0.39, 0.29) is 18.4 Å². The van der Waals surface area contributed by atoms with Crippen molar-refractivity contribution in [3.05, 3.63) is 0 Å². The highest BCUT2D eigenvalue weighted by Crippen LogP contribution is 2.35. The average molecular weight is 320 g/mol. The Hall–Kier alpha value is -0.660. The van der Waals surface area contributed by atoms with Gasteiger partial charge in [0, 0.05) is 19.6 Å². The van der Waals surface area contributed by atoms with Crippen LogP contribution in [0.25, 0.3) is 0 Å². The molecule has 2 unspecified atom stereocenters. The Morgan fingerprint density at radius 2 is 2.10 bits per heavy atom. The summed E-state index contributed by atoms with van der Waals surface area (Å²) in [4.78, 5) is 12.2. The van der Waals surface area contributed by atoms with Gasteiger partial charge >= 0.3 is 5.97 Å². The molecule has 0 aliphatic carbocycles. The first-order chi connectivity index (χ1) is 9.79. The second-order valence-electron chi connectivity index (χ2n) is 5.89. The van der Waals surface area contributed by atoms with Crippen molar-refractivity contribution in [2.24, 2.45) is 17.1 Å². The van der Waals surface area contributed by atoms with Crippen LogP contribution in [0.15, 0.2) is 0 Å². The van der Waals surface area contributed by atoms with Gasteiger partial charge in [-0.3, -0.25) is 4.79 Å².